The number of hydrogen-bond donors (Lipinski definition) is 0. The SMILES string of the molecule is CC(C)c1cccc(OCCN(C)C(=O)CCCCl)c1. The van der Waals surface area contributed by atoms with Crippen LogP contribution in [0, 0.1) is 0 Å². The molecule has 0 heterocycles. The molecule has 0 saturated heterocycles. The molecule has 0 fully saturated rings. The van der Waals surface area contributed by atoms with E-state index in [9.17, 15) is 4.79 Å². The molecule has 1 rings (SSSR count). The van der Waals surface area contributed by atoms with Gasteiger partial charge in [0.25, 0.3) is 0 Å². The second kappa shape index (κ2) is 8.85. The maximum Gasteiger partial charge on any atom is 0.222 e. The summed E-state index contributed by atoms with van der Waals surface area (Å²) in [7, 11) is 1.80. The minimum atomic E-state index is 0.116. The summed E-state index contributed by atoms with van der Waals surface area (Å²) in [4.78, 5) is 13.4. The fourth-order valence-corrected chi connectivity index (χ4v) is 1.93. The highest BCUT2D eigenvalue weighted by Gasteiger charge is 2.08. The van der Waals surface area contributed by atoms with Crippen molar-refractivity contribution in [1.29, 1.82) is 0 Å². The van der Waals surface area contributed by atoms with Crippen LogP contribution in [0.1, 0.15) is 38.2 Å². The maximum absolute atomic E-state index is 11.7. The summed E-state index contributed by atoms with van der Waals surface area (Å²) >= 11 is 5.58. The first-order valence-corrected chi connectivity index (χ1v) is 7.60. The number of halogens is 1. The first-order chi connectivity index (χ1) is 9.54. The van der Waals surface area contributed by atoms with E-state index in [0.29, 0.717) is 31.4 Å². The minimum absolute atomic E-state index is 0.116. The van der Waals surface area contributed by atoms with E-state index >= 15 is 0 Å². The van der Waals surface area contributed by atoms with Gasteiger partial charge < -0.3 is 9.64 Å². The van der Waals surface area contributed by atoms with Crippen LogP contribution in [0.15, 0.2) is 24.3 Å². The van der Waals surface area contributed by atoms with Crippen LogP contribution < -0.4 is 4.74 Å². The summed E-state index contributed by atoms with van der Waals surface area (Å²) in [6, 6.07) is 8.10. The van der Waals surface area contributed by atoms with Crippen LogP contribution in [0.2, 0.25) is 0 Å². The van der Waals surface area contributed by atoms with Gasteiger partial charge in [-0.25, -0.2) is 0 Å². The van der Waals surface area contributed by atoms with Gasteiger partial charge in [-0.2, -0.15) is 0 Å². The first kappa shape index (κ1) is 16.8. The molecule has 0 aliphatic heterocycles. The van der Waals surface area contributed by atoms with E-state index in [1.165, 1.54) is 5.56 Å². The predicted molar refractivity (Wildman–Crippen MR) is 83.6 cm³/mol. The Balaban J connectivity index is 2.36. The fourth-order valence-electron chi connectivity index (χ4n) is 1.80. The molecule has 0 aliphatic carbocycles. The average Bonchev–Trinajstić information content (AvgIpc) is 2.44. The summed E-state index contributed by atoms with van der Waals surface area (Å²) in [6.07, 6.45) is 1.23. The Kier molecular flexibility index (Phi) is 7.45. The van der Waals surface area contributed by atoms with Gasteiger partial charge in [-0.1, -0.05) is 26.0 Å². The lowest BCUT2D eigenvalue weighted by Crippen LogP contribution is -2.30. The number of amides is 1. The van der Waals surface area contributed by atoms with Gasteiger partial charge in [0.05, 0.1) is 6.54 Å². The molecule has 4 heteroatoms. The molecule has 0 spiro atoms. The van der Waals surface area contributed by atoms with Gasteiger partial charge in [-0.3, -0.25) is 4.79 Å². The molecule has 0 radical (unpaired) electrons. The van der Waals surface area contributed by atoms with Crippen molar-refractivity contribution in [2.75, 3.05) is 26.1 Å². The zero-order valence-electron chi connectivity index (χ0n) is 12.6. The number of hydrogen-bond acceptors (Lipinski definition) is 2. The third kappa shape index (κ3) is 5.83. The Morgan fingerprint density at radius 2 is 2.15 bits per heavy atom. The van der Waals surface area contributed by atoms with Crippen molar-refractivity contribution < 1.29 is 9.53 Å². The molecule has 1 aromatic carbocycles. The van der Waals surface area contributed by atoms with Gasteiger partial charge in [0.2, 0.25) is 5.91 Å². The Morgan fingerprint density at radius 1 is 1.40 bits per heavy atom. The number of benzene rings is 1. The van der Waals surface area contributed by atoms with Crippen molar-refractivity contribution in [2.24, 2.45) is 0 Å². The van der Waals surface area contributed by atoms with Gasteiger partial charge in [-0.15, -0.1) is 11.6 Å². The number of carbonyl (C=O) groups is 1. The van der Waals surface area contributed by atoms with E-state index in [0.717, 1.165) is 12.2 Å². The van der Waals surface area contributed by atoms with Crippen molar-refractivity contribution in [2.45, 2.75) is 32.6 Å². The molecule has 0 bridgehead atoms. The molecule has 0 N–H and O–H groups in total. The van der Waals surface area contributed by atoms with Gasteiger partial charge in [0.15, 0.2) is 0 Å². The highest BCUT2D eigenvalue weighted by Crippen LogP contribution is 2.19. The van der Waals surface area contributed by atoms with Crippen LogP contribution in [0.25, 0.3) is 0 Å². The summed E-state index contributed by atoms with van der Waals surface area (Å²) in [5.41, 5.74) is 1.26. The number of ether oxygens (including phenoxy) is 1. The van der Waals surface area contributed by atoms with Crippen LogP contribution in [-0.2, 0) is 4.79 Å². The molecular weight excluding hydrogens is 274 g/mol. The molecule has 0 unspecified atom stereocenters. The summed E-state index contributed by atoms with van der Waals surface area (Å²) in [5.74, 6) is 1.99. The van der Waals surface area contributed by atoms with Crippen LogP contribution >= 0.6 is 11.6 Å². The van der Waals surface area contributed by atoms with Crippen molar-refractivity contribution in [1.82, 2.24) is 4.90 Å². The Bertz CT molecular complexity index is 421. The van der Waals surface area contributed by atoms with Crippen molar-refractivity contribution in [3.8, 4) is 5.75 Å². The largest absolute Gasteiger partial charge is 0.492 e. The van der Waals surface area contributed by atoms with Gasteiger partial charge >= 0.3 is 0 Å². The average molecular weight is 298 g/mol. The number of likely N-dealkylation sites (N-methyl/N-ethyl adjacent to an activating group) is 1. The van der Waals surface area contributed by atoms with Crippen molar-refractivity contribution in [3.05, 3.63) is 29.8 Å². The maximum atomic E-state index is 11.7. The molecule has 1 amide bonds. The van der Waals surface area contributed by atoms with E-state index < -0.39 is 0 Å². The van der Waals surface area contributed by atoms with Crippen LogP contribution in [-0.4, -0.2) is 36.9 Å². The summed E-state index contributed by atoms with van der Waals surface area (Å²) < 4.78 is 5.70. The molecule has 0 aromatic heterocycles. The zero-order valence-corrected chi connectivity index (χ0v) is 13.3. The normalized spacial score (nSPS) is 10.7. The lowest BCUT2D eigenvalue weighted by Gasteiger charge is -2.17. The predicted octanol–water partition coefficient (Wildman–Crippen LogP) is 3.67. The van der Waals surface area contributed by atoms with Gasteiger partial charge in [0.1, 0.15) is 12.4 Å². The standard InChI is InChI=1S/C16H24ClNO2/c1-13(2)14-6-4-7-15(12-14)20-11-10-18(3)16(19)8-5-9-17/h4,6-7,12-13H,5,8-11H2,1-3H3. The van der Waals surface area contributed by atoms with E-state index in [4.69, 9.17) is 16.3 Å². The van der Waals surface area contributed by atoms with E-state index in [2.05, 4.69) is 26.0 Å². The summed E-state index contributed by atoms with van der Waals surface area (Å²) in [6.45, 7) is 5.41. The smallest absolute Gasteiger partial charge is 0.222 e. The van der Waals surface area contributed by atoms with Crippen LogP contribution in [0.4, 0.5) is 0 Å². The van der Waals surface area contributed by atoms with E-state index in [1.807, 2.05) is 12.1 Å². The highest BCUT2D eigenvalue weighted by atomic mass is 35.5. The molecule has 112 valence electrons. The fraction of sp³-hybridized carbons (Fsp3) is 0.562. The van der Waals surface area contributed by atoms with Crippen LogP contribution in [0.5, 0.6) is 5.75 Å². The lowest BCUT2D eigenvalue weighted by atomic mass is 10.0. The molecule has 0 atom stereocenters. The topological polar surface area (TPSA) is 29.5 Å². The molecule has 0 saturated carbocycles. The molecule has 20 heavy (non-hydrogen) atoms. The minimum Gasteiger partial charge on any atom is -0.492 e. The third-order valence-electron chi connectivity index (χ3n) is 3.17. The van der Waals surface area contributed by atoms with Gasteiger partial charge in [0, 0.05) is 19.3 Å². The number of rotatable bonds is 8. The molecule has 0 aliphatic rings. The quantitative estimate of drug-likeness (QED) is 0.685. The number of nitrogens with zero attached hydrogens (tertiary/aromatic N) is 1. The molecular formula is C16H24ClNO2. The second-order valence-corrected chi connectivity index (χ2v) is 5.56. The third-order valence-corrected chi connectivity index (χ3v) is 3.44. The molecule has 3 nitrogen and oxygen atoms in total. The van der Waals surface area contributed by atoms with Crippen molar-refractivity contribution in [3.63, 3.8) is 0 Å². The Labute approximate surface area is 126 Å². The summed E-state index contributed by atoms with van der Waals surface area (Å²) in [5, 5.41) is 0. The highest BCUT2D eigenvalue weighted by molar-refractivity contribution is 6.17. The Hall–Kier alpha value is -1.22. The van der Waals surface area contributed by atoms with E-state index in [1.54, 1.807) is 11.9 Å². The first-order valence-electron chi connectivity index (χ1n) is 7.07. The van der Waals surface area contributed by atoms with Crippen LogP contribution in [0.3, 0.4) is 0 Å². The lowest BCUT2D eigenvalue weighted by molar-refractivity contribution is -0.130. The Morgan fingerprint density at radius 3 is 2.80 bits per heavy atom. The van der Waals surface area contributed by atoms with E-state index in [-0.39, 0.29) is 5.91 Å². The van der Waals surface area contributed by atoms with Gasteiger partial charge in [-0.05, 0) is 30.0 Å². The van der Waals surface area contributed by atoms with Crippen molar-refractivity contribution >= 4 is 17.5 Å². The number of alkyl halides is 1. The zero-order chi connectivity index (χ0) is 15.0. The number of carbonyl (C=O) groups excluding carboxylic acids is 1. The second-order valence-electron chi connectivity index (χ2n) is 5.18. The monoisotopic (exact) mass is 297 g/mol. The molecule has 1 aromatic rings.